The number of hydrogen-bond donors (Lipinski definition) is 2. The molecule has 0 radical (unpaired) electrons. The van der Waals surface area contributed by atoms with Crippen LogP contribution in [0.2, 0.25) is 0 Å². The van der Waals surface area contributed by atoms with E-state index in [1.807, 2.05) is 0 Å². The summed E-state index contributed by atoms with van der Waals surface area (Å²) in [7, 11) is -4.21. The maximum Gasteiger partial charge on any atom is 0.416 e. The molecule has 0 spiro atoms. The number of benzene rings is 2. The molecule has 0 amide bonds. The van der Waals surface area contributed by atoms with Crippen LogP contribution in [0.15, 0.2) is 41.3 Å². The Hall–Kier alpha value is -3.43. The Morgan fingerprint density at radius 2 is 1.85 bits per heavy atom. The Morgan fingerprint density at radius 1 is 1.15 bits per heavy atom. The molecule has 0 atom stereocenters. The molecule has 0 fully saturated rings. The van der Waals surface area contributed by atoms with Gasteiger partial charge in [-0.05, 0) is 44.2 Å². The molecule has 2 aromatic carbocycles. The molecule has 0 saturated carbocycles. The Bertz CT molecular complexity index is 1240. The molecule has 1 heterocycles. The lowest BCUT2D eigenvalue weighted by molar-refractivity contribution is -0.159. The average molecular weight is 485 g/mol. The van der Waals surface area contributed by atoms with E-state index in [9.17, 15) is 26.4 Å². The highest BCUT2D eigenvalue weighted by atomic mass is 32.2. The van der Waals surface area contributed by atoms with Gasteiger partial charge in [0, 0.05) is 11.6 Å². The first-order valence-corrected chi connectivity index (χ1v) is 10.8. The fourth-order valence-electron chi connectivity index (χ4n) is 2.57. The van der Waals surface area contributed by atoms with Crippen LogP contribution in [0.1, 0.15) is 25.0 Å². The number of ether oxygens (including phenoxy) is 3. The Labute approximate surface area is 187 Å². The molecule has 0 aliphatic carbocycles. The lowest BCUT2D eigenvalue weighted by Gasteiger charge is -2.17. The van der Waals surface area contributed by atoms with Gasteiger partial charge in [-0.3, -0.25) is 4.72 Å². The molecule has 8 nitrogen and oxygen atoms in total. The smallest absolute Gasteiger partial charge is 0.416 e. The number of fused-ring (bicyclic) bond motifs is 1. The Morgan fingerprint density at radius 3 is 2.52 bits per heavy atom. The van der Waals surface area contributed by atoms with Crippen molar-refractivity contribution >= 4 is 21.7 Å². The van der Waals surface area contributed by atoms with Gasteiger partial charge in [-0.2, -0.15) is 13.2 Å². The van der Waals surface area contributed by atoms with E-state index in [1.165, 1.54) is 32.0 Å². The summed E-state index contributed by atoms with van der Waals surface area (Å²) < 4.78 is 82.7. The average Bonchev–Trinajstić information content (AvgIpc) is 3.19. The maximum atomic E-state index is 13.2. The summed E-state index contributed by atoms with van der Waals surface area (Å²) in [5, 5.41) is 9.03. The Balaban J connectivity index is 1.91. The zero-order chi connectivity index (χ0) is 24.4. The highest BCUT2D eigenvalue weighted by Gasteiger charge is 2.31. The predicted octanol–water partition coefficient (Wildman–Crippen LogP) is 3.47. The second-order valence-corrected chi connectivity index (χ2v) is 8.97. The van der Waals surface area contributed by atoms with E-state index in [0.717, 1.165) is 6.07 Å². The number of sulfonamides is 1. The minimum absolute atomic E-state index is 0.0638. The van der Waals surface area contributed by atoms with Gasteiger partial charge in [0.1, 0.15) is 6.61 Å². The third kappa shape index (κ3) is 5.68. The number of halogens is 3. The summed E-state index contributed by atoms with van der Waals surface area (Å²) in [5.41, 5.74) is -3.08. The first-order chi connectivity index (χ1) is 15.3. The monoisotopic (exact) mass is 485 g/mol. The first kappa shape index (κ1) is 24.2. The van der Waals surface area contributed by atoms with Crippen LogP contribution in [-0.2, 0) is 25.7 Å². The summed E-state index contributed by atoms with van der Waals surface area (Å²) in [6.07, 6.45) is -4.69. The second-order valence-electron chi connectivity index (χ2n) is 7.28. The molecular formula is C21H18F3NO7S. The molecule has 2 aromatic rings. The quantitative estimate of drug-likeness (QED) is 0.603. The van der Waals surface area contributed by atoms with Crippen LogP contribution in [0, 0.1) is 11.8 Å². The van der Waals surface area contributed by atoms with Crippen LogP contribution >= 0.6 is 0 Å². The lowest BCUT2D eigenvalue weighted by Crippen LogP contribution is -2.34. The molecule has 1 aliphatic heterocycles. The van der Waals surface area contributed by atoms with Gasteiger partial charge in [-0.25, -0.2) is 13.2 Å². The number of aliphatic carboxylic acids is 1. The molecule has 12 heteroatoms. The van der Waals surface area contributed by atoms with E-state index in [4.69, 9.17) is 19.3 Å². The van der Waals surface area contributed by atoms with Gasteiger partial charge in [-0.1, -0.05) is 11.8 Å². The van der Waals surface area contributed by atoms with Gasteiger partial charge in [0.2, 0.25) is 6.79 Å². The highest BCUT2D eigenvalue weighted by Crippen LogP contribution is 2.35. The summed E-state index contributed by atoms with van der Waals surface area (Å²) in [6.45, 7) is 2.09. The van der Waals surface area contributed by atoms with Gasteiger partial charge >= 0.3 is 12.1 Å². The van der Waals surface area contributed by atoms with Crippen molar-refractivity contribution in [3.8, 4) is 23.3 Å². The normalized spacial score (nSPS) is 13.2. The molecule has 176 valence electrons. The Kier molecular flexibility index (Phi) is 6.49. The summed E-state index contributed by atoms with van der Waals surface area (Å²) in [4.78, 5) is 10.9. The molecule has 0 aromatic heterocycles. The van der Waals surface area contributed by atoms with E-state index in [1.54, 1.807) is 0 Å². The number of carboxylic acid groups (broad SMARTS) is 1. The van der Waals surface area contributed by atoms with Crippen LogP contribution in [-0.4, -0.2) is 38.5 Å². The third-order valence-electron chi connectivity index (χ3n) is 4.49. The number of rotatable bonds is 6. The van der Waals surface area contributed by atoms with Crippen LogP contribution in [0.4, 0.5) is 18.9 Å². The van der Waals surface area contributed by atoms with E-state index in [0.29, 0.717) is 17.9 Å². The lowest BCUT2D eigenvalue weighted by atomic mass is 10.1. The molecule has 1 aliphatic rings. The number of carbonyl (C=O) groups is 1. The van der Waals surface area contributed by atoms with E-state index in [2.05, 4.69) is 16.6 Å². The number of carboxylic acids is 1. The zero-order valence-corrected chi connectivity index (χ0v) is 18.1. The van der Waals surface area contributed by atoms with Gasteiger partial charge < -0.3 is 19.3 Å². The molecule has 3 rings (SSSR count). The third-order valence-corrected chi connectivity index (χ3v) is 5.85. The van der Waals surface area contributed by atoms with Crippen molar-refractivity contribution in [2.75, 3.05) is 18.1 Å². The van der Waals surface area contributed by atoms with Crippen LogP contribution in [0.25, 0.3) is 0 Å². The first-order valence-electron chi connectivity index (χ1n) is 9.29. The van der Waals surface area contributed by atoms with Gasteiger partial charge in [-0.15, -0.1) is 0 Å². The zero-order valence-electron chi connectivity index (χ0n) is 17.3. The molecule has 33 heavy (non-hydrogen) atoms. The summed E-state index contributed by atoms with van der Waals surface area (Å²) >= 11 is 0. The topological polar surface area (TPSA) is 111 Å². The van der Waals surface area contributed by atoms with Crippen molar-refractivity contribution < 1.29 is 45.7 Å². The van der Waals surface area contributed by atoms with E-state index in [-0.39, 0.29) is 28.7 Å². The van der Waals surface area contributed by atoms with Crippen molar-refractivity contribution in [2.45, 2.75) is 30.5 Å². The van der Waals surface area contributed by atoms with Crippen LogP contribution < -0.4 is 14.2 Å². The number of hydrogen-bond acceptors (Lipinski definition) is 6. The van der Waals surface area contributed by atoms with Crippen LogP contribution in [0.5, 0.6) is 11.5 Å². The number of nitrogens with one attached hydrogen (secondary N) is 1. The minimum atomic E-state index is -4.69. The van der Waals surface area contributed by atoms with Gasteiger partial charge in [0.05, 0.1) is 16.1 Å². The second kappa shape index (κ2) is 8.84. The standard InChI is InChI=1S/C21H18F3NO7S/c1-20(2,19(26)27)32-9-3-4-13-10-14(21(22,23)24)5-7-16(13)25-33(28,29)15-6-8-17-18(11-15)31-12-30-17/h5-8,10-11,25H,9,12H2,1-2H3,(H,26,27). The molecule has 0 bridgehead atoms. The highest BCUT2D eigenvalue weighted by molar-refractivity contribution is 7.92. The van der Waals surface area contributed by atoms with E-state index < -0.39 is 39.9 Å². The minimum Gasteiger partial charge on any atom is -0.479 e. The predicted molar refractivity (Wildman–Crippen MR) is 109 cm³/mol. The maximum absolute atomic E-state index is 13.2. The van der Waals surface area contributed by atoms with Crippen molar-refractivity contribution in [3.63, 3.8) is 0 Å². The SMILES string of the molecule is CC(C)(OCC#Cc1cc(C(F)(F)F)ccc1NS(=O)(=O)c1ccc2c(c1)OCO2)C(=O)O. The number of anilines is 1. The van der Waals surface area contributed by atoms with Crippen molar-refractivity contribution in [1.82, 2.24) is 0 Å². The van der Waals surface area contributed by atoms with Gasteiger partial charge in [0.15, 0.2) is 17.1 Å². The number of alkyl halides is 3. The fraction of sp³-hybridized carbons (Fsp3) is 0.286. The van der Waals surface area contributed by atoms with Gasteiger partial charge in [0.25, 0.3) is 10.0 Å². The van der Waals surface area contributed by atoms with Crippen molar-refractivity contribution in [1.29, 1.82) is 0 Å². The van der Waals surface area contributed by atoms with Crippen molar-refractivity contribution in [2.24, 2.45) is 0 Å². The van der Waals surface area contributed by atoms with Crippen LogP contribution in [0.3, 0.4) is 0 Å². The summed E-state index contributed by atoms with van der Waals surface area (Å²) in [5.74, 6) is 4.15. The fourth-order valence-corrected chi connectivity index (χ4v) is 3.67. The summed E-state index contributed by atoms with van der Waals surface area (Å²) in [6, 6.07) is 6.22. The largest absolute Gasteiger partial charge is 0.479 e. The van der Waals surface area contributed by atoms with Crippen molar-refractivity contribution in [3.05, 3.63) is 47.5 Å². The van der Waals surface area contributed by atoms with E-state index >= 15 is 0 Å². The molecule has 0 saturated heterocycles. The molecule has 2 N–H and O–H groups in total. The molecular weight excluding hydrogens is 467 g/mol. The molecule has 0 unspecified atom stereocenters.